The topological polar surface area (TPSA) is 72.5 Å². The Bertz CT molecular complexity index is 806. The fourth-order valence-electron chi connectivity index (χ4n) is 1.75. The van der Waals surface area contributed by atoms with Gasteiger partial charge in [-0.3, -0.25) is 4.79 Å². The van der Waals surface area contributed by atoms with E-state index >= 15 is 0 Å². The number of rotatable bonds is 4. The van der Waals surface area contributed by atoms with Gasteiger partial charge >= 0.3 is 0 Å². The molecule has 2 rings (SSSR count). The van der Waals surface area contributed by atoms with Crippen molar-refractivity contribution in [3.63, 3.8) is 0 Å². The molecule has 0 unspecified atom stereocenters. The first-order valence-electron chi connectivity index (χ1n) is 6.01. The van der Waals surface area contributed by atoms with Crippen LogP contribution in [0.1, 0.15) is 10.4 Å². The Morgan fingerprint density at radius 3 is 2.36 bits per heavy atom. The number of halogens is 2. The van der Waals surface area contributed by atoms with Crippen LogP contribution in [0.5, 0.6) is 5.75 Å². The average molecular weight is 344 g/mol. The molecule has 2 aromatic carbocycles. The molecule has 0 fully saturated rings. The fraction of sp³-hybridized carbons (Fsp3) is 0.0714. The van der Waals surface area contributed by atoms with Gasteiger partial charge in [0, 0.05) is 16.4 Å². The maximum Gasteiger partial charge on any atom is 0.261 e. The summed E-state index contributed by atoms with van der Waals surface area (Å²) in [5, 5.41) is 2.52. The zero-order valence-electron chi connectivity index (χ0n) is 11.3. The second-order valence-corrected chi connectivity index (χ2v) is 6.83. The number of carbonyl (C=O) groups is 1. The minimum atomic E-state index is -3.98. The lowest BCUT2D eigenvalue weighted by Crippen LogP contribution is -2.14. The molecule has 22 heavy (non-hydrogen) atoms. The molecular formula is C14H11ClFNO4S. The zero-order chi connectivity index (χ0) is 16.3. The van der Waals surface area contributed by atoms with Crippen molar-refractivity contribution in [1.29, 1.82) is 0 Å². The maximum absolute atomic E-state index is 12.8. The normalized spacial score (nSPS) is 11.0. The largest absolute Gasteiger partial charge is 0.496 e. The smallest absolute Gasteiger partial charge is 0.261 e. The number of anilines is 1. The van der Waals surface area contributed by atoms with Gasteiger partial charge in [-0.1, -0.05) is 0 Å². The number of ether oxygens (including phenoxy) is 1. The van der Waals surface area contributed by atoms with Crippen LogP contribution in [0.3, 0.4) is 0 Å². The summed E-state index contributed by atoms with van der Waals surface area (Å²) in [6, 6.07) is 8.80. The summed E-state index contributed by atoms with van der Waals surface area (Å²) in [5.74, 6) is -0.861. The van der Waals surface area contributed by atoms with Crippen LogP contribution in [0.25, 0.3) is 0 Å². The van der Waals surface area contributed by atoms with Crippen LogP contribution < -0.4 is 10.1 Å². The minimum Gasteiger partial charge on any atom is -0.496 e. The van der Waals surface area contributed by atoms with Gasteiger partial charge in [0.1, 0.15) is 11.6 Å². The first-order chi connectivity index (χ1) is 10.3. The van der Waals surface area contributed by atoms with Crippen LogP contribution in [-0.4, -0.2) is 21.4 Å². The molecule has 0 aliphatic carbocycles. The van der Waals surface area contributed by atoms with Gasteiger partial charge in [-0.15, -0.1) is 0 Å². The number of hydrogen-bond donors (Lipinski definition) is 1. The van der Waals surface area contributed by atoms with Gasteiger partial charge in [0.15, 0.2) is 0 Å². The summed E-state index contributed by atoms with van der Waals surface area (Å²) in [4.78, 5) is 12.0. The molecule has 0 aliphatic heterocycles. The molecule has 0 saturated heterocycles. The molecule has 1 amide bonds. The number of carbonyl (C=O) groups excluding carboxylic acids is 1. The fourth-order valence-corrected chi connectivity index (χ4v) is 2.52. The second kappa shape index (κ2) is 6.33. The molecule has 0 saturated carbocycles. The van der Waals surface area contributed by atoms with Crippen molar-refractivity contribution in [2.75, 3.05) is 12.4 Å². The summed E-state index contributed by atoms with van der Waals surface area (Å²) in [7, 11) is 2.64. The van der Waals surface area contributed by atoms with E-state index in [0.29, 0.717) is 5.69 Å². The van der Waals surface area contributed by atoms with E-state index in [2.05, 4.69) is 5.32 Å². The second-order valence-electron chi connectivity index (χ2n) is 4.26. The average Bonchev–Trinajstić information content (AvgIpc) is 2.48. The molecule has 0 radical (unpaired) electrons. The first kappa shape index (κ1) is 16.3. The van der Waals surface area contributed by atoms with Crippen LogP contribution in [0.15, 0.2) is 47.4 Å². The zero-order valence-corrected chi connectivity index (χ0v) is 12.9. The van der Waals surface area contributed by atoms with E-state index in [4.69, 9.17) is 15.4 Å². The molecule has 8 heteroatoms. The van der Waals surface area contributed by atoms with Crippen molar-refractivity contribution >= 4 is 31.3 Å². The van der Waals surface area contributed by atoms with Crippen molar-refractivity contribution in [2.24, 2.45) is 0 Å². The number of hydrogen-bond acceptors (Lipinski definition) is 4. The Labute approximate surface area is 131 Å². The quantitative estimate of drug-likeness (QED) is 0.866. The Kier molecular flexibility index (Phi) is 4.68. The first-order valence-corrected chi connectivity index (χ1v) is 8.32. The Morgan fingerprint density at radius 1 is 1.18 bits per heavy atom. The summed E-state index contributed by atoms with van der Waals surface area (Å²) in [5.41, 5.74) is 0.348. The maximum atomic E-state index is 12.8. The molecule has 5 nitrogen and oxygen atoms in total. The van der Waals surface area contributed by atoms with Gasteiger partial charge in [0.05, 0.1) is 17.6 Å². The summed E-state index contributed by atoms with van der Waals surface area (Å²) in [6.07, 6.45) is 0. The lowest BCUT2D eigenvalue weighted by atomic mass is 10.2. The van der Waals surface area contributed by atoms with E-state index < -0.39 is 20.8 Å². The van der Waals surface area contributed by atoms with Gasteiger partial charge in [0.2, 0.25) is 0 Å². The van der Waals surface area contributed by atoms with Crippen LogP contribution in [0, 0.1) is 5.82 Å². The molecule has 0 aliphatic rings. The van der Waals surface area contributed by atoms with Crippen LogP contribution in [0.2, 0.25) is 0 Å². The third kappa shape index (κ3) is 3.75. The summed E-state index contributed by atoms with van der Waals surface area (Å²) in [6.45, 7) is 0. The SMILES string of the molecule is COc1ccc(S(=O)(=O)Cl)cc1C(=O)Nc1ccc(F)cc1. The summed E-state index contributed by atoms with van der Waals surface area (Å²) < 4.78 is 40.6. The minimum absolute atomic E-state index is 0.00597. The number of methoxy groups -OCH3 is 1. The Hall–Kier alpha value is -2.12. The Morgan fingerprint density at radius 2 is 1.82 bits per heavy atom. The van der Waals surface area contributed by atoms with E-state index in [1.54, 1.807) is 0 Å². The highest BCUT2D eigenvalue weighted by molar-refractivity contribution is 8.13. The van der Waals surface area contributed by atoms with E-state index in [1.165, 1.54) is 43.5 Å². The van der Waals surface area contributed by atoms with E-state index in [-0.39, 0.29) is 16.2 Å². The van der Waals surface area contributed by atoms with Gasteiger partial charge < -0.3 is 10.1 Å². The molecule has 0 aromatic heterocycles. The molecular weight excluding hydrogens is 333 g/mol. The predicted octanol–water partition coefficient (Wildman–Crippen LogP) is 3.01. The lowest BCUT2D eigenvalue weighted by molar-refractivity contribution is 0.102. The van der Waals surface area contributed by atoms with E-state index in [0.717, 1.165) is 6.07 Å². The highest BCUT2D eigenvalue weighted by Crippen LogP contribution is 2.25. The van der Waals surface area contributed by atoms with Crippen molar-refractivity contribution in [3.05, 3.63) is 53.8 Å². The van der Waals surface area contributed by atoms with Crippen LogP contribution in [0.4, 0.5) is 10.1 Å². The summed E-state index contributed by atoms with van der Waals surface area (Å²) >= 11 is 0. The van der Waals surface area contributed by atoms with Gasteiger partial charge in [-0.05, 0) is 42.5 Å². The van der Waals surface area contributed by atoms with Crippen LogP contribution >= 0.6 is 10.7 Å². The highest BCUT2D eigenvalue weighted by Gasteiger charge is 2.18. The molecule has 0 spiro atoms. The van der Waals surface area contributed by atoms with Gasteiger partial charge in [-0.25, -0.2) is 12.8 Å². The van der Waals surface area contributed by atoms with Crippen molar-refractivity contribution < 1.29 is 22.3 Å². The molecule has 0 heterocycles. The predicted molar refractivity (Wildman–Crippen MR) is 80.4 cm³/mol. The molecule has 0 atom stereocenters. The highest BCUT2D eigenvalue weighted by atomic mass is 35.7. The van der Waals surface area contributed by atoms with Crippen molar-refractivity contribution in [3.8, 4) is 5.75 Å². The molecule has 0 bridgehead atoms. The van der Waals surface area contributed by atoms with Crippen molar-refractivity contribution in [2.45, 2.75) is 4.90 Å². The van der Waals surface area contributed by atoms with Gasteiger partial charge in [0.25, 0.3) is 15.0 Å². The van der Waals surface area contributed by atoms with Crippen LogP contribution in [-0.2, 0) is 9.05 Å². The monoisotopic (exact) mass is 343 g/mol. The standard InChI is InChI=1S/C14H11ClFNO4S/c1-21-13-7-6-11(22(15,19)20)8-12(13)14(18)17-10-4-2-9(16)3-5-10/h2-8H,1H3,(H,17,18). The number of nitrogens with one attached hydrogen (secondary N) is 1. The Balaban J connectivity index is 2.37. The number of benzene rings is 2. The molecule has 2 aromatic rings. The third-order valence-corrected chi connectivity index (χ3v) is 4.15. The number of amides is 1. The van der Waals surface area contributed by atoms with E-state index in [1.807, 2.05) is 0 Å². The van der Waals surface area contributed by atoms with Gasteiger partial charge in [-0.2, -0.15) is 0 Å². The van der Waals surface area contributed by atoms with E-state index in [9.17, 15) is 17.6 Å². The molecule has 1 N–H and O–H groups in total. The molecule has 116 valence electrons. The third-order valence-electron chi connectivity index (χ3n) is 2.80. The lowest BCUT2D eigenvalue weighted by Gasteiger charge is -2.10. The van der Waals surface area contributed by atoms with Crippen molar-refractivity contribution in [1.82, 2.24) is 0 Å².